The van der Waals surface area contributed by atoms with Crippen molar-refractivity contribution in [2.45, 2.75) is 26.3 Å². The molecular weight excluding hydrogens is 206 g/mol. The summed E-state index contributed by atoms with van der Waals surface area (Å²) in [5.74, 6) is -0.00717. The normalized spacial score (nSPS) is 10.1. The Hall–Kier alpha value is -1.55. The summed E-state index contributed by atoms with van der Waals surface area (Å²) in [6.45, 7) is 2.48. The first kappa shape index (κ1) is 12.5. The lowest BCUT2D eigenvalue weighted by Crippen LogP contribution is -2.05. The molecule has 16 heavy (non-hydrogen) atoms. The average Bonchev–Trinajstić information content (AvgIpc) is 2.28. The van der Waals surface area contributed by atoms with E-state index in [0.717, 1.165) is 5.56 Å². The zero-order valence-corrected chi connectivity index (χ0v) is 9.40. The molecule has 0 aliphatic rings. The molecule has 0 saturated heterocycles. The smallest absolute Gasteiger partial charge is 0.306 e. The third kappa shape index (κ3) is 3.55. The number of phenols is 1. The highest BCUT2D eigenvalue weighted by Crippen LogP contribution is 2.18. The first-order valence-corrected chi connectivity index (χ1v) is 5.33. The van der Waals surface area contributed by atoms with Gasteiger partial charge >= 0.3 is 5.97 Å². The molecule has 0 heterocycles. The van der Waals surface area contributed by atoms with E-state index < -0.39 is 0 Å². The van der Waals surface area contributed by atoms with Gasteiger partial charge in [-0.1, -0.05) is 12.1 Å². The fourth-order valence-electron chi connectivity index (χ4n) is 1.44. The maximum absolute atomic E-state index is 11.1. The van der Waals surface area contributed by atoms with Gasteiger partial charge < -0.3 is 15.6 Å². The number of rotatable bonds is 5. The number of carbonyl (C=O) groups excluding carboxylic acids is 1. The van der Waals surface area contributed by atoms with E-state index >= 15 is 0 Å². The molecule has 88 valence electrons. The van der Waals surface area contributed by atoms with Gasteiger partial charge in [-0.25, -0.2) is 0 Å². The number of ether oxygens (including phenoxy) is 1. The van der Waals surface area contributed by atoms with E-state index in [9.17, 15) is 9.90 Å². The molecule has 0 fully saturated rings. The van der Waals surface area contributed by atoms with Crippen LogP contribution in [0.4, 0.5) is 0 Å². The van der Waals surface area contributed by atoms with Gasteiger partial charge in [0.2, 0.25) is 0 Å². The first-order chi connectivity index (χ1) is 7.67. The maximum atomic E-state index is 11.1. The number of nitrogens with two attached hydrogens (primary N) is 1. The number of aryl methyl sites for hydroxylation is 1. The average molecular weight is 223 g/mol. The lowest BCUT2D eigenvalue weighted by atomic mass is 10.1. The molecule has 0 amide bonds. The van der Waals surface area contributed by atoms with Crippen LogP contribution in [-0.4, -0.2) is 17.7 Å². The molecule has 4 nitrogen and oxygen atoms in total. The molecule has 0 aromatic heterocycles. The number of hydrogen-bond donors (Lipinski definition) is 2. The van der Waals surface area contributed by atoms with E-state index in [2.05, 4.69) is 0 Å². The summed E-state index contributed by atoms with van der Waals surface area (Å²) in [5.41, 5.74) is 7.15. The molecule has 1 aromatic carbocycles. The van der Waals surface area contributed by atoms with E-state index in [0.29, 0.717) is 31.6 Å². The SMILES string of the molecule is CCOC(=O)CCc1ccc(O)c(CN)c1. The Morgan fingerprint density at radius 2 is 2.25 bits per heavy atom. The quantitative estimate of drug-likeness (QED) is 0.739. The highest BCUT2D eigenvalue weighted by molar-refractivity contribution is 5.69. The molecule has 4 heteroatoms. The van der Waals surface area contributed by atoms with Crippen LogP contribution in [0.25, 0.3) is 0 Å². The minimum absolute atomic E-state index is 0.197. The second-order valence-corrected chi connectivity index (χ2v) is 3.47. The van der Waals surface area contributed by atoms with Crippen molar-refractivity contribution in [3.05, 3.63) is 29.3 Å². The van der Waals surface area contributed by atoms with Crippen LogP contribution in [0.3, 0.4) is 0 Å². The van der Waals surface area contributed by atoms with E-state index in [1.807, 2.05) is 6.07 Å². The van der Waals surface area contributed by atoms with Crippen molar-refractivity contribution >= 4 is 5.97 Å². The second kappa shape index (κ2) is 6.12. The molecule has 0 spiro atoms. The fraction of sp³-hybridized carbons (Fsp3) is 0.417. The summed E-state index contributed by atoms with van der Waals surface area (Å²) >= 11 is 0. The predicted octanol–water partition coefficient (Wildman–Crippen LogP) is 1.35. The molecule has 0 bridgehead atoms. The van der Waals surface area contributed by atoms with Crippen LogP contribution in [0, 0.1) is 0 Å². The largest absolute Gasteiger partial charge is 0.508 e. The predicted molar refractivity (Wildman–Crippen MR) is 61.0 cm³/mol. The minimum atomic E-state index is -0.204. The number of carbonyl (C=O) groups is 1. The van der Waals surface area contributed by atoms with Crippen molar-refractivity contribution in [2.75, 3.05) is 6.61 Å². The number of benzene rings is 1. The number of hydrogen-bond acceptors (Lipinski definition) is 4. The second-order valence-electron chi connectivity index (χ2n) is 3.47. The van der Waals surface area contributed by atoms with Crippen molar-refractivity contribution in [2.24, 2.45) is 5.73 Å². The highest BCUT2D eigenvalue weighted by Gasteiger charge is 2.05. The van der Waals surface area contributed by atoms with Gasteiger partial charge in [0.05, 0.1) is 6.61 Å². The lowest BCUT2D eigenvalue weighted by Gasteiger charge is -2.06. The highest BCUT2D eigenvalue weighted by atomic mass is 16.5. The summed E-state index contributed by atoms with van der Waals surface area (Å²) in [7, 11) is 0. The van der Waals surface area contributed by atoms with E-state index in [4.69, 9.17) is 10.5 Å². The molecule has 1 aromatic rings. The van der Waals surface area contributed by atoms with Crippen molar-refractivity contribution < 1.29 is 14.6 Å². The Balaban J connectivity index is 2.57. The van der Waals surface area contributed by atoms with Crippen molar-refractivity contribution in [1.29, 1.82) is 0 Å². The zero-order valence-electron chi connectivity index (χ0n) is 9.40. The third-order valence-electron chi connectivity index (χ3n) is 2.29. The van der Waals surface area contributed by atoms with Gasteiger partial charge in [-0.3, -0.25) is 4.79 Å². The Kier molecular flexibility index (Phi) is 4.79. The summed E-state index contributed by atoms with van der Waals surface area (Å²) in [5, 5.41) is 9.42. The molecular formula is C12H17NO3. The Bertz CT molecular complexity index is 363. The molecule has 0 aliphatic heterocycles. The molecule has 0 radical (unpaired) electrons. The zero-order chi connectivity index (χ0) is 12.0. The van der Waals surface area contributed by atoms with Crippen molar-refractivity contribution in [3.8, 4) is 5.75 Å². The van der Waals surface area contributed by atoms with Crippen LogP contribution in [-0.2, 0) is 22.5 Å². The van der Waals surface area contributed by atoms with Crippen LogP contribution < -0.4 is 5.73 Å². The van der Waals surface area contributed by atoms with Crippen LogP contribution in [0.15, 0.2) is 18.2 Å². The minimum Gasteiger partial charge on any atom is -0.508 e. The lowest BCUT2D eigenvalue weighted by molar-refractivity contribution is -0.143. The maximum Gasteiger partial charge on any atom is 0.306 e. The topological polar surface area (TPSA) is 72.5 Å². The molecule has 0 saturated carbocycles. The Morgan fingerprint density at radius 1 is 1.50 bits per heavy atom. The van der Waals surface area contributed by atoms with Crippen LogP contribution >= 0.6 is 0 Å². The van der Waals surface area contributed by atoms with Crippen LogP contribution in [0.5, 0.6) is 5.75 Å². The number of esters is 1. The van der Waals surface area contributed by atoms with Gasteiger partial charge in [-0.05, 0) is 25.0 Å². The van der Waals surface area contributed by atoms with Gasteiger partial charge in [0.15, 0.2) is 0 Å². The van der Waals surface area contributed by atoms with Gasteiger partial charge in [-0.15, -0.1) is 0 Å². The molecule has 0 unspecified atom stereocenters. The van der Waals surface area contributed by atoms with Gasteiger partial charge in [0, 0.05) is 18.5 Å². The monoisotopic (exact) mass is 223 g/mol. The van der Waals surface area contributed by atoms with Gasteiger partial charge in [0.25, 0.3) is 0 Å². The summed E-state index contributed by atoms with van der Waals surface area (Å²) in [6.07, 6.45) is 0.953. The summed E-state index contributed by atoms with van der Waals surface area (Å²) < 4.78 is 4.83. The van der Waals surface area contributed by atoms with Gasteiger partial charge in [-0.2, -0.15) is 0 Å². The Morgan fingerprint density at radius 3 is 2.88 bits per heavy atom. The van der Waals surface area contributed by atoms with Crippen LogP contribution in [0.2, 0.25) is 0 Å². The molecule has 0 aliphatic carbocycles. The third-order valence-corrected chi connectivity index (χ3v) is 2.29. The van der Waals surface area contributed by atoms with E-state index in [-0.39, 0.29) is 11.7 Å². The number of aromatic hydroxyl groups is 1. The van der Waals surface area contributed by atoms with Crippen LogP contribution in [0.1, 0.15) is 24.5 Å². The van der Waals surface area contributed by atoms with E-state index in [1.54, 1.807) is 19.1 Å². The van der Waals surface area contributed by atoms with Crippen molar-refractivity contribution in [1.82, 2.24) is 0 Å². The van der Waals surface area contributed by atoms with Gasteiger partial charge in [0.1, 0.15) is 5.75 Å². The first-order valence-electron chi connectivity index (χ1n) is 5.33. The Labute approximate surface area is 95.0 Å². The van der Waals surface area contributed by atoms with Crippen molar-refractivity contribution in [3.63, 3.8) is 0 Å². The molecule has 1 rings (SSSR count). The summed E-state index contributed by atoms with van der Waals surface area (Å²) in [4.78, 5) is 11.1. The fourth-order valence-corrected chi connectivity index (χ4v) is 1.44. The van der Waals surface area contributed by atoms with E-state index in [1.165, 1.54) is 0 Å². The summed E-state index contributed by atoms with van der Waals surface area (Å²) in [6, 6.07) is 5.20. The number of phenolic OH excluding ortho intramolecular Hbond substituents is 1. The standard InChI is InChI=1S/C12H17NO3/c1-2-16-12(15)6-4-9-3-5-11(14)10(7-9)8-13/h3,5,7,14H,2,4,6,8,13H2,1H3. The molecule has 0 atom stereocenters. The molecule has 3 N–H and O–H groups in total.